The molecule has 2 aliphatic heterocycles. The lowest BCUT2D eigenvalue weighted by Gasteiger charge is -2.50. The molecule has 1 aromatic carbocycles. The van der Waals surface area contributed by atoms with Gasteiger partial charge in [-0.15, -0.1) is 0 Å². The maximum absolute atomic E-state index is 6.04. The van der Waals surface area contributed by atoms with Crippen LogP contribution in [-0.4, -0.2) is 45.8 Å². The van der Waals surface area contributed by atoms with Crippen molar-refractivity contribution in [1.29, 1.82) is 0 Å². The number of rotatable bonds is 4. The summed E-state index contributed by atoms with van der Waals surface area (Å²) in [5, 5.41) is 4.92. The van der Waals surface area contributed by atoms with Gasteiger partial charge in [0.25, 0.3) is 0 Å². The lowest BCUT2D eigenvalue weighted by Crippen LogP contribution is -2.42. The van der Waals surface area contributed by atoms with Crippen LogP contribution in [0.25, 0.3) is 0 Å². The molecule has 4 nitrogen and oxygen atoms in total. The van der Waals surface area contributed by atoms with E-state index in [-0.39, 0.29) is 5.16 Å². The molecular formula is C24H40ClN4PS. The predicted octanol–water partition coefficient (Wildman–Crippen LogP) is 7.30. The average Bonchev–Trinajstić information content (AvgIpc) is 3.16. The van der Waals surface area contributed by atoms with E-state index in [9.17, 15) is 0 Å². The number of nitrogens with zero attached hydrogens (tertiary/aromatic N) is 3. The molecule has 1 N–H and O–H groups in total. The fourth-order valence-electron chi connectivity index (χ4n) is 4.91. The molecule has 0 aromatic heterocycles. The Labute approximate surface area is 200 Å². The minimum atomic E-state index is -2.00. The van der Waals surface area contributed by atoms with Crippen LogP contribution in [0.5, 0.6) is 0 Å². The second-order valence-corrected chi connectivity index (χ2v) is 14.5. The van der Waals surface area contributed by atoms with E-state index in [1.54, 1.807) is 0 Å². The molecule has 0 aliphatic carbocycles. The van der Waals surface area contributed by atoms with Crippen molar-refractivity contribution in [3.8, 4) is 0 Å². The molecule has 174 valence electrons. The van der Waals surface area contributed by atoms with E-state index in [2.05, 4.69) is 35.4 Å². The van der Waals surface area contributed by atoms with Crippen LogP contribution in [0.3, 0.4) is 0 Å². The van der Waals surface area contributed by atoms with Crippen LogP contribution in [0.2, 0.25) is 5.02 Å². The molecule has 2 fully saturated rings. The van der Waals surface area contributed by atoms with E-state index < -0.39 is 7.36 Å². The molecule has 7 heteroatoms. The standard InChI is InChI=1S/C24H40ClN4PS/c1-24(2,3)30(28-16-8-4-5-9-17-28,29-18-10-6-7-11-19-29)27-23(31)26-20-21-12-14-22(25)15-13-21/h12-15H,4-11,16-20H2,1-3H3,(H,26,31). The summed E-state index contributed by atoms with van der Waals surface area (Å²) in [4.78, 5) is 0. The van der Waals surface area contributed by atoms with E-state index in [1.165, 1.54) is 56.9 Å². The Kier molecular flexibility index (Phi) is 9.43. The molecule has 0 radical (unpaired) electrons. The first-order chi connectivity index (χ1) is 14.8. The van der Waals surface area contributed by atoms with Gasteiger partial charge < -0.3 is 5.32 Å². The Balaban J connectivity index is 1.95. The zero-order valence-corrected chi connectivity index (χ0v) is 22.0. The highest BCUT2D eigenvalue weighted by molar-refractivity contribution is 7.81. The van der Waals surface area contributed by atoms with E-state index in [4.69, 9.17) is 28.6 Å². The van der Waals surface area contributed by atoms with Crippen LogP contribution >= 0.6 is 31.2 Å². The number of hydrogen-bond donors (Lipinski definition) is 1. The molecule has 0 unspecified atom stereocenters. The van der Waals surface area contributed by atoms with E-state index >= 15 is 0 Å². The lowest BCUT2D eigenvalue weighted by atomic mass is 10.2. The summed E-state index contributed by atoms with van der Waals surface area (Å²) in [6.45, 7) is 12.4. The molecule has 2 saturated heterocycles. The number of halogens is 1. The molecule has 2 aliphatic rings. The smallest absolute Gasteiger partial charge is 0.194 e. The van der Waals surface area contributed by atoms with Crippen molar-refractivity contribution in [2.75, 3.05) is 26.2 Å². The molecule has 1 aromatic rings. The van der Waals surface area contributed by atoms with Gasteiger partial charge in [0.2, 0.25) is 0 Å². The Morgan fingerprint density at radius 1 is 0.903 bits per heavy atom. The van der Waals surface area contributed by atoms with E-state index in [0.717, 1.165) is 31.2 Å². The second-order valence-electron chi connectivity index (χ2n) is 9.86. The first-order valence-electron chi connectivity index (χ1n) is 12.0. The van der Waals surface area contributed by atoms with Gasteiger partial charge in [-0.05, 0) is 55.6 Å². The van der Waals surface area contributed by atoms with Crippen LogP contribution in [0, 0.1) is 0 Å². The van der Waals surface area contributed by atoms with Crippen LogP contribution in [0.15, 0.2) is 29.0 Å². The summed E-state index contributed by atoms with van der Waals surface area (Å²) >= 11 is 11.9. The van der Waals surface area contributed by atoms with E-state index in [1.807, 2.05) is 24.3 Å². The third kappa shape index (κ3) is 6.54. The first-order valence-corrected chi connectivity index (χ1v) is 14.4. The largest absolute Gasteiger partial charge is 0.357 e. The third-order valence-electron chi connectivity index (χ3n) is 6.44. The fraction of sp³-hybridized carbons (Fsp3) is 0.708. The van der Waals surface area contributed by atoms with Crippen molar-refractivity contribution >= 4 is 36.3 Å². The van der Waals surface area contributed by atoms with Crippen molar-refractivity contribution in [2.24, 2.45) is 4.74 Å². The van der Waals surface area contributed by atoms with Crippen LogP contribution in [0.1, 0.15) is 77.7 Å². The van der Waals surface area contributed by atoms with Gasteiger partial charge >= 0.3 is 0 Å². The quantitative estimate of drug-likeness (QED) is 0.360. The molecule has 2 heterocycles. The Hall–Kier alpha value is -0.450. The predicted molar refractivity (Wildman–Crippen MR) is 140 cm³/mol. The highest BCUT2D eigenvalue weighted by atomic mass is 35.5. The van der Waals surface area contributed by atoms with Gasteiger partial charge in [-0.2, -0.15) is 0 Å². The molecule has 0 saturated carbocycles. The summed E-state index contributed by atoms with van der Waals surface area (Å²) in [6.07, 6.45) is 10.4. The molecule has 0 spiro atoms. The number of hydrogen-bond acceptors (Lipinski definition) is 1. The van der Waals surface area contributed by atoms with Gasteiger partial charge in [0.15, 0.2) is 5.11 Å². The third-order valence-corrected chi connectivity index (χ3v) is 11.7. The number of thiocarbonyl (C=S) groups is 1. The second kappa shape index (κ2) is 11.6. The molecular weight excluding hydrogens is 443 g/mol. The maximum atomic E-state index is 6.04. The minimum absolute atomic E-state index is 0.0493. The molecule has 0 bridgehead atoms. The zero-order valence-electron chi connectivity index (χ0n) is 19.6. The Morgan fingerprint density at radius 2 is 1.35 bits per heavy atom. The topological polar surface area (TPSA) is 30.9 Å². The summed E-state index contributed by atoms with van der Waals surface area (Å²) in [7, 11) is -2.00. The first kappa shape index (κ1) is 25.2. The van der Waals surface area contributed by atoms with Crippen molar-refractivity contribution in [2.45, 2.75) is 83.8 Å². The summed E-state index contributed by atoms with van der Waals surface area (Å²) in [6, 6.07) is 7.96. The van der Waals surface area contributed by atoms with Crippen molar-refractivity contribution in [3.63, 3.8) is 0 Å². The Bertz CT molecular complexity index is 735. The fourth-order valence-corrected chi connectivity index (χ4v) is 10.1. The van der Waals surface area contributed by atoms with Gasteiger partial charge in [-0.3, -0.25) is 9.34 Å². The maximum Gasteiger partial charge on any atom is 0.194 e. The minimum Gasteiger partial charge on any atom is -0.357 e. The van der Waals surface area contributed by atoms with Crippen molar-refractivity contribution in [1.82, 2.24) is 14.7 Å². The number of benzene rings is 1. The normalized spacial score (nSPS) is 20.0. The van der Waals surface area contributed by atoms with Gasteiger partial charge in [-0.1, -0.05) is 70.2 Å². The van der Waals surface area contributed by atoms with Gasteiger partial charge in [0.05, 0.1) is 0 Å². The van der Waals surface area contributed by atoms with Crippen LogP contribution < -0.4 is 5.32 Å². The lowest BCUT2D eigenvalue weighted by molar-refractivity contribution is 0.368. The van der Waals surface area contributed by atoms with E-state index in [0.29, 0.717) is 11.7 Å². The average molecular weight is 483 g/mol. The SMILES string of the molecule is CC(C)(C)P(=NC(=S)NCc1ccc(Cl)cc1)(N1CCCCCC1)N1CCCCCC1. The molecule has 0 amide bonds. The summed E-state index contributed by atoms with van der Waals surface area (Å²) in [5.74, 6) is 0. The van der Waals surface area contributed by atoms with Gasteiger partial charge in [0, 0.05) is 42.9 Å². The van der Waals surface area contributed by atoms with Crippen molar-refractivity contribution in [3.05, 3.63) is 34.9 Å². The van der Waals surface area contributed by atoms with Crippen LogP contribution in [-0.2, 0) is 6.54 Å². The summed E-state index contributed by atoms with van der Waals surface area (Å²) < 4.78 is 11.0. The zero-order chi connectivity index (χ0) is 22.3. The summed E-state index contributed by atoms with van der Waals surface area (Å²) in [5.41, 5.74) is 1.17. The monoisotopic (exact) mass is 482 g/mol. The van der Waals surface area contributed by atoms with Crippen LogP contribution in [0.4, 0.5) is 0 Å². The Morgan fingerprint density at radius 3 is 1.77 bits per heavy atom. The molecule has 3 rings (SSSR count). The molecule has 31 heavy (non-hydrogen) atoms. The van der Waals surface area contributed by atoms with Crippen molar-refractivity contribution < 1.29 is 0 Å². The molecule has 0 atom stereocenters. The van der Waals surface area contributed by atoms with Gasteiger partial charge in [-0.25, -0.2) is 4.74 Å². The highest BCUT2D eigenvalue weighted by Crippen LogP contribution is 2.66. The highest BCUT2D eigenvalue weighted by Gasteiger charge is 2.44. The number of nitrogens with one attached hydrogen (secondary N) is 1. The van der Waals surface area contributed by atoms with Gasteiger partial charge in [0.1, 0.15) is 7.36 Å².